The average molecular weight is 389 g/mol. The number of aromatic nitrogens is 1. The van der Waals surface area contributed by atoms with Crippen molar-refractivity contribution in [1.82, 2.24) is 9.47 Å². The van der Waals surface area contributed by atoms with E-state index >= 15 is 0 Å². The van der Waals surface area contributed by atoms with E-state index in [2.05, 4.69) is 11.8 Å². The Morgan fingerprint density at radius 2 is 2.04 bits per heavy atom. The first-order valence-electron chi connectivity index (χ1n) is 10.2. The number of aliphatic hydroxyl groups excluding tert-OH is 1. The first-order valence-corrected chi connectivity index (χ1v) is 10.2. The number of fused-ring (bicyclic) bond motifs is 1. The Morgan fingerprint density at radius 1 is 1.32 bits per heavy atom. The molecule has 1 N–H and O–H groups in total. The van der Waals surface area contributed by atoms with Crippen LogP contribution in [0, 0.1) is 12.8 Å². The molecule has 1 aliphatic rings. The van der Waals surface area contributed by atoms with E-state index in [0.29, 0.717) is 24.5 Å². The third-order valence-electron chi connectivity index (χ3n) is 5.73. The first kappa shape index (κ1) is 20.7. The smallest absolute Gasteiger partial charge is 0.340 e. The fourth-order valence-corrected chi connectivity index (χ4v) is 3.89. The van der Waals surface area contributed by atoms with Crippen LogP contribution in [0.4, 0.5) is 0 Å². The van der Waals surface area contributed by atoms with Gasteiger partial charge in [-0.05, 0) is 63.9 Å². The molecule has 3 rings (SSSR count). The van der Waals surface area contributed by atoms with Crippen LogP contribution in [-0.2, 0) is 11.8 Å². The highest BCUT2D eigenvalue weighted by Crippen LogP contribution is 2.29. The number of carbonyl (C=O) groups excluding carboxylic acids is 1. The largest absolute Gasteiger partial charge is 0.491 e. The number of benzene rings is 1. The molecule has 0 radical (unpaired) electrons. The summed E-state index contributed by atoms with van der Waals surface area (Å²) in [6.07, 6.45) is 1.84. The number of ether oxygens (including phenoxy) is 2. The van der Waals surface area contributed by atoms with Gasteiger partial charge in [0, 0.05) is 30.2 Å². The number of aryl methyl sites for hydroxylation is 1. The van der Waals surface area contributed by atoms with Crippen molar-refractivity contribution < 1.29 is 19.4 Å². The molecule has 1 fully saturated rings. The fraction of sp³-hybridized carbons (Fsp3) is 0.591. The van der Waals surface area contributed by atoms with Crippen LogP contribution < -0.4 is 4.74 Å². The summed E-state index contributed by atoms with van der Waals surface area (Å²) in [7, 11) is 1.93. The number of hydrogen-bond donors (Lipinski definition) is 1. The van der Waals surface area contributed by atoms with Gasteiger partial charge in [-0.2, -0.15) is 0 Å². The molecule has 0 bridgehead atoms. The number of hydrogen-bond acceptors (Lipinski definition) is 5. The predicted molar refractivity (Wildman–Crippen MR) is 110 cm³/mol. The number of aliphatic hydroxyl groups is 1. The summed E-state index contributed by atoms with van der Waals surface area (Å²) >= 11 is 0. The maximum atomic E-state index is 12.4. The van der Waals surface area contributed by atoms with Gasteiger partial charge in [0.2, 0.25) is 0 Å². The molecular formula is C22H32N2O4. The lowest BCUT2D eigenvalue weighted by Crippen LogP contribution is -2.40. The van der Waals surface area contributed by atoms with Gasteiger partial charge in [0.15, 0.2) is 0 Å². The number of piperidine rings is 1. The lowest BCUT2D eigenvalue weighted by molar-refractivity contribution is 0.0527. The fourth-order valence-electron chi connectivity index (χ4n) is 3.89. The molecule has 2 aromatic rings. The van der Waals surface area contributed by atoms with Crippen molar-refractivity contribution in [3.8, 4) is 5.75 Å². The van der Waals surface area contributed by atoms with Crippen LogP contribution in [0.25, 0.3) is 10.9 Å². The quantitative estimate of drug-likeness (QED) is 0.739. The summed E-state index contributed by atoms with van der Waals surface area (Å²) in [6.45, 7) is 9.28. The van der Waals surface area contributed by atoms with E-state index in [4.69, 9.17) is 9.47 Å². The summed E-state index contributed by atoms with van der Waals surface area (Å²) in [5, 5.41) is 11.2. The van der Waals surface area contributed by atoms with E-state index in [9.17, 15) is 9.90 Å². The second kappa shape index (κ2) is 8.97. The van der Waals surface area contributed by atoms with Gasteiger partial charge >= 0.3 is 5.97 Å². The highest BCUT2D eigenvalue weighted by Gasteiger charge is 2.21. The van der Waals surface area contributed by atoms with Gasteiger partial charge in [-0.3, -0.25) is 0 Å². The molecule has 6 nitrogen and oxygen atoms in total. The second-order valence-corrected chi connectivity index (χ2v) is 7.87. The highest BCUT2D eigenvalue weighted by atomic mass is 16.5. The third kappa shape index (κ3) is 4.50. The molecule has 1 aliphatic heterocycles. The van der Waals surface area contributed by atoms with Crippen LogP contribution in [0.15, 0.2) is 18.2 Å². The maximum Gasteiger partial charge on any atom is 0.340 e. The van der Waals surface area contributed by atoms with Gasteiger partial charge in [-0.1, -0.05) is 6.92 Å². The lowest BCUT2D eigenvalue weighted by Gasteiger charge is -2.31. The summed E-state index contributed by atoms with van der Waals surface area (Å²) in [4.78, 5) is 14.7. The minimum Gasteiger partial charge on any atom is -0.491 e. The van der Waals surface area contributed by atoms with Gasteiger partial charge in [-0.15, -0.1) is 0 Å². The predicted octanol–water partition coefficient (Wildman–Crippen LogP) is 3.14. The van der Waals surface area contributed by atoms with Crippen LogP contribution in [0.2, 0.25) is 0 Å². The first-order chi connectivity index (χ1) is 13.4. The summed E-state index contributed by atoms with van der Waals surface area (Å²) in [5.74, 6) is 1.11. The molecule has 1 atom stereocenters. The zero-order valence-corrected chi connectivity index (χ0v) is 17.4. The molecular weight excluding hydrogens is 356 g/mol. The number of rotatable bonds is 7. The highest BCUT2D eigenvalue weighted by molar-refractivity contribution is 6.06. The normalized spacial score (nSPS) is 17.0. The van der Waals surface area contributed by atoms with Crippen molar-refractivity contribution in [3.63, 3.8) is 0 Å². The molecule has 0 aliphatic carbocycles. The second-order valence-electron chi connectivity index (χ2n) is 7.87. The van der Waals surface area contributed by atoms with E-state index in [0.717, 1.165) is 35.6 Å². The Labute approximate surface area is 167 Å². The summed E-state index contributed by atoms with van der Waals surface area (Å²) in [5.41, 5.74) is 2.40. The van der Waals surface area contributed by atoms with Gasteiger partial charge in [-0.25, -0.2) is 4.79 Å². The molecule has 154 valence electrons. The average Bonchev–Trinajstić information content (AvgIpc) is 2.92. The molecule has 1 aromatic carbocycles. The Hall–Kier alpha value is -2.05. The Bertz CT molecular complexity index is 822. The van der Waals surface area contributed by atoms with Gasteiger partial charge in [0.25, 0.3) is 0 Å². The van der Waals surface area contributed by atoms with Crippen LogP contribution >= 0.6 is 0 Å². The zero-order valence-electron chi connectivity index (χ0n) is 17.4. The van der Waals surface area contributed by atoms with Crippen molar-refractivity contribution in [2.75, 3.05) is 32.8 Å². The van der Waals surface area contributed by atoms with E-state index in [1.165, 1.54) is 12.8 Å². The van der Waals surface area contributed by atoms with Gasteiger partial charge < -0.3 is 24.0 Å². The van der Waals surface area contributed by atoms with Crippen LogP contribution in [0.5, 0.6) is 5.75 Å². The molecule has 2 heterocycles. The zero-order chi connectivity index (χ0) is 20.3. The summed E-state index contributed by atoms with van der Waals surface area (Å²) in [6, 6.07) is 5.69. The Morgan fingerprint density at radius 3 is 2.71 bits per heavy atom. The molecule has 28 heavy (non-hydrogen) atoms. The van der Waals surface area contributed by atoms with Gasteiger partial charge in [0.05, 0.1) is 12.2 Å². The Kier molecular flexibility index (Phi) is 6.62. The molecule has 1 saturated heterocycles. The van der Waals surface area contributed by atoms with E-state index < -0.39 is 6.10 Å². The topological polar surface area (TPSA) is 63.9 Å². The molecule has 6 heteroatoms. The number of β-amino-alcohol motifs (C(OH)–C–C–N with tert-alkyl or cyclic N) is 1. The number of likely N-dealkylation sites (tertiary alicyclic amines) is 1. The molecule has 1 aromatic heterocycles. The SMILES string of the molecule is CCOC(=O)c1c(C)n(C)c2ccc(OC[C@H](O)CN3CCC(C)CC3)cc12. The number of nitrogens with zero attached hydrogens (tertiary/aromatic N) is 2. The molecule has 0 spiro atoms. The van der Waals surface area contributed by atoms with Crippen LogP contribution in [0.1, 0.15) is 42.7 Å². The van der Waals surface area contributed by atoms with Crippen LogP contribution in [0.3, 0.4) is 0 Å². The van der Waals surface area contributed by atoms with Crippen molar-refractivity contribution in [1.29, 1.82) is 0 Å². The minimum absolute atomic E-state index is 0.234. The van der Waals surface area contributed by atoms with Crippen molar-refractivity contribution in [2.45, 2.75) is 39.7 Å². The van der Waals surface area contributed by atoms with Crippen molar-refractivity contribution >= 4 is 16.9 Å². The number of esters is 1. The lowest BCUT2D eigenvalue weighted by atomic mass is 9.99. The molecule has 0 unspecified atom stereocenters. The number of carbonyl (C=O) groups is 1. The van der Waals surface area contributed by atoms with Crippen LogP contribution in [-0.4, -0.2) is 59.5 Å². The Balaban J connectivity index is 1.68. The summed E-state index contributed by atoms with van der Waals surface area (Å²) < 4.78 is 13.0. The van der Waals surface area contributed by atoms with E-state index in [-0.39, 0.29) is 12.6 Å². The standard InChI is InChI=1S/C22H32N2O4/c1-5-27-22(26)21-16(3)23(4)20-7-6-18(12-19(20)21)28-14-17(25)13-24-10-8-15(2)9-11-24/h6-7,12,15,17,25H,5,8-11,13-14H2,1-4H3/t17-/m1/s1. The van der Waals surface area contributed by atoms with Crippen molar-refractivity contribution in [3.05, 3.63) is 29.5 Å². The van der Waals surface area contributed by atoms with E-state index in [1.54, 1.807) is 6.92 Å². The van der Waals surface area contributed by atoms with E-state index in [1.807, 2.05) is 36.7 Å². The minimum atomic E-state index is -0.536. The molecule has 0 saturated carbocycles. The third-order valence-corrected chi connectivity index (χ3v) is 5.73. The maximum absolute atomic E-state index is 12.4. The van der Waals surface area contributed by atoms with Gasteiger partial charge in [0.1, 0.15) is 18.5 Å². The molecule has 0 amide bonds. The monoisotopic (exact) mass is 388 g/mol. The van der Waals surface area contributed by atoms with Crippen molar-refractivity contribution in [2.24, 2.45) is 13.0 Å².